The molecule has 3 heterocycles. The highest BCUT2D eigenvalue weighted by molar-refractivity contribution is 5.92. The summed E-state index contributed by atoms with van der Waals surface area (Å²) in [6.45, 7) is 1.44. The van der Waals surface area contributed by atoms with Gasteiger partial charge in [-0.25, -0.2) is 28.3 Å². The van der Waals surface area contributed by atoms with Crippen molar-refractivity contribution in [2.24, 2.45) is 0 Å². The van der Waals surface area contributed by atoms with E-state index in [0.717, 1.165) is 35.4 Å². The number of halogens is 5. The number of aromatic nitrogens is 1. The SMILES string of the molecule is O=C(NCCNC1CCN(c2cc(C(F)(F)F)ccn2)CC1)N1C(=O)OCC1c1ccc(F)c(F)c1. The molecule has 36 heavy (non-hydrogen) atoms. The van der Waals surface area contributed by atoms with Crippen molar-refractivity contribution in [2.75, 3.05) is 37.7 Å². The number of hydrogen-bond acceptors (Lipinski definition) is 6. The third-order valence-corrected chi connectivity index (χ3v) is 6.15. The monoisotopic (exact) mass is 513 g/mol. The van der Waals surface area contributed by atoms with Crippen LogP contribution in [0.25, 0.3) is 0 Å². The number of pyridine rings is 1. The number of anilines is 1. The summed E-state index contributed by atoms with van der Waals surface area (Å²) >= 11 is 0. The fourth-order valence-corrected chi connectivity index (χ4v) is 4.22. The maximum Gasteiger partial charge on any atom is 0.418 e. The Labute approximate surface area is 203 Å². The molecule has 3 amide bonds. The number of cyclic esters (lactones) is 1. The highest BCUT2D eigenvalue weighted by atomic mass is 19.4. The number of rotatable bonds is 6. The van der Waals surface area contributed by atoms with Gasteiger partial charge >= 0.3 is 18.3 Å². The van der Waals surface area contributed by atoms with Gasteiger partial charge in [-0.15, -0.1) is 0 Å². The fourth-order valence-electron chi connectivity index (χ4n) is 4.22. The van der Waals surface area contributed by atoms with E-state index in [1.54, 1.807) is 4.90 Å². The molecule has 2 aliphatic heterocycles. The maximum absolute atomic E-state index is 13.6. The van der Waals surface area contributed by atoms with Crippen molar-refractivity contribution >= 4 is 17.9 Å². The molecule has 1 atom stereocenters. The number of nitrogens with zero attached hydrogens (tertiary/aromatic N) is 3. The number of ether oxygens (including phenoxy) is 1. The molecule has 2 N–H and O–H groups in total. The first kappa shape index (κ1) is 25.6. The Bertz CT molecular complexity index is 1110. The summed E-state index contributed by atoms with van der Waals surface area (Å²) in [4.78, 5) is 31.3. The standard InChI is InChI=1S/C23H24F5N5O3/c24-17-2-1-14(11-18(17)25)19-13-36-22(35)33(19)21(34)31-8-7-29-16-4-9-32(10-5-16)20-12-15(3-6-30-20)23(26,27)28/h1-3,6,11-12,16,19,29H,4-5,7-10,13H2,(H,31,34). The lowest BCUT2D eigenvalue weighted by atomic mass is 10.0. The Morgan fingerprint density at radius 2 is 1.83 bits per heavy atom. The van der Waals surface area contributed by atoms with Crippen molar-refractivity contribution in [3.05, 3.63) is 59.3 Å². The topological polar surface area (TPSA) is 86.8 Å². The lowest BCUT2D eigenvalue weighted by molar-refractivity contribution is -0.137. The molecule has 0 aliphatic carbocycles. The quantitative estimate of drug-likeness (QED) is 0.451. The second-order valence-electron chi connectivity index (χ2n) is 8.48. The van der Waals surface area contributed by atoms with Gasteiger partial charge in [0.25, 0.3) is 0 Å². The van der Waals surface area contributed by atoms with Crippen molar-refractivity contribution in [1.82, 2.24) is 20.5 Å². The van der Waals surface area contributed by atoms with Gasteiger partial charge in [0.2, 0.25) is 0 Å². The Balaban J connectivity index is 1.22. The predicted octanol–water partition coefficient (Wildman–Crippen LogP) is 3.84. The lowest BCUT2D eigenvalue weighted by Gasteiger charge is -2.33. The highest BCUT2D eigenvalue weighted by Gasteiger charge is 2.39. The molecule has 1 aromatic carbocycles. The number of hydrogen-bond donors (Lipinski definition) is 2. The average molecular weight is 513 g/mol. The number of piperidine rings is 1. The van der Waals surface area contributed by atoms with Crippen LogP contribution in [0, 0.1) is 11.6 Å². The maximum atomic E-state index is 13.6. The summed E-state index contributed by atoms with van der Waals surface area (Å²) in [5.41, 5.74) is -0.507. The van der Waals surface area contributed by atoms with Crippen molar-refractivity contribution in [3.8, 4) is 0 Å². The van der Waals surface area contributed by atoms with E-state index in [0.29, 0.717) is 32.5 Å². The smallest absolute Gasteiger partial charge is 0.418 e. The van der Waals surface area contributed by atoms with Crippen LogP contribution in [0.1, 0.15) is 30.0 Å². The Morgan fingerprint density at radius 3 is 2.53 bits per heavy atom. The number of carbonyl (C=O) groups excluding carboxylic acids is 2. The number of amides is 3. The predicted molar refractivity (Wildman–Crippen MR) is 118 cm³/mol. The number of nitrogens with one attached hydrogen (secondary N) is 2. The van der Waals surface area contributed by atoms with E-state index in [1.807, 2.05) is 0 Å². The van der Waals surface area contributed by atoms with Gasteiger partial charge in [-0.2, -0.15) is 13.2 Å². The Morgan fingerprint density at radius 1 is 1.08 bits per heavy atom. The second-order valence-corrected chi connectivity index (χ2v) is 8.48. The molecule has 194 valence electrons. The highest BCUT2D eigenvalue weighted by Crippen LogP contribution is 2.31. The molecular formula is C23H24F5N5O3. The molecule has 2 aromatic rings. The zero-order valence-electron chi connectivity index (χ0n) is 19.0. The van der Waals surface area contributed by atoms with Crippen LogP contribution >= 0.6 is 0 Å². The van der Waals surface area contributed by atoms with Crippen LogP contribution in [0.5, 0.6) is 0 Å². The first-order chi connectivity index (χ1) is 17.1. The number of urea groups is 1. The van der Waals surface area contributed by atoms with E-state index in [-0.39, 0.29) is 30.6 Å². The summed E-state index contributed by atoms with van der Waals surface area (Å²) < 4.78 is 70.6. The van der Waals surface area contributed by atoms with Crippen LogP contribution in [-0.4, -0.2) is 60.8 Å². The Hall–Kier alpha value is -3.48. The summed E-state index contributed by atoms with van der Waals surface area (Å²) in [6.07, 6.45) is -2.82. The number of imide groups is 1. The van der Waals surface area contributed by atoms with Crippen molar-refractivity contribution in [1.29, 1.82) is 0 Å². The van der Waals surface area contributed by atoms with Crippen molar-refractivity contribution < 1.29 is 36.3 Å². The van der Waals surface area contributed by atoms with Gasteiger partial charge in [-0.05, 0) is 42.7 Å². The van der Waals surface area contributed by atoms with Gasteiger partial charge in [-0.3, -0.25) is 0 Å². The lowest BCUT2D eigenvalue weighted by Crippen LogP contribution is -2.47. The van der Waals surface area contributed by atoms with E-state index < -0.39 is 41.5 Å². The van der Waals surface area contributed by atoms with Crippen LogP contribution in [0.3, 0.4) is 0 Å². The number of benzene rings is 1. The van der Waals surface area contributed by atoms with Crippen molar-refractivity contribution in [3.63, 3.8) is 0 Å². The molecule has 8 nitrogen and oxygen atoms in total. The summed E-state index contributed by atoms with van der Waals surface area (Å²) in [6, 6.07) is 3.60. The summed E-state index contributed by atoms with van der Waals surface area (Å²) in [5.74, 6) is -1.85. The van der Waals surface area contributed by atoms with Gasteiger partial charge in [0.1, 0.15) is 18.5 Å². The zero-order chi connectivity index (χ0) is 25.9. The minimum atomic E-state index is -4.43. The molecule has 4 rings (SSSR count). The van der Waals surface area contributed by atoms with Crippen LogP contribution in [0.15, 0.2) is 36.5 Å². The average Bonchev–Trinajstić information content (AvgIpc) is 3.25. The molecule has 2 fully saturated rings. The minimum absolute atomic E-state index is 0.0932. The molecule has 2 saturated heterocycles. The molecule has 0 radical (unpaired) electrons. The Kier molecular flexibility index (Phi) is 7.57. The molecule has 0 bridgehead atoms. The van der Waals surface area contributed by atoms with E-state index in [2.05, 4.69) is 15.6 Å². The molecule has 0 spiro atoms. The van der Waals surface area contributed by atoms with E-state index in [4.69, 9.17) is 4.74 Å². The molecular weight excluding hydrogens is 489 g/mol. The third kappa shape index (κ3) is 5.83. The first-order valence-electron chi connectivity index (χ1n) is 11.3. The van der Waals surface area contributed by atoms with Crippen LogP contribution in [0.2, 0.25) is 0 Å². The van der Waals surface area contributed by atoms with Gasteiger partial charge in [0, 0.05) is 38.4 Å². The van der Waals surface area contributed by atoms with Crippen molar-refractivity contribution in [2.45, 2.75) is 31.1 Å². The summed E-state index contributed by atoms with van der Waals surface area (Å²) in [7, 11) is 0. The first-order valence-corrected chi connectivity index (χ1v) is 11.3. The van der Waals surface area contributed by atoms with E-state index in [9.17, 15) is 31.5 Å². The minimum Gasteiger partial charge on any atom is -0.446 e. The molecule has 0 saturated carbocycles. The molecule has 1 unspecified atom stereocenters. The van der Waals surface area contributed by atoms with Crippen LogP contribution in [0.4, 0.5) is 37.4 Å². The van der Waals surface area contributed by atoms with Crippen LogP contribution < -0.4 is 15.5 Å². The van der Waals surface area contributed by atoms with Gasteiger partial charge in [0.05, 0.1) is 5.56 Å². The molecule has 1 aromatic heterocycles. The normalized spacial score (nSPS) is 18.9. The fraction of sp³-hybridized carbons (Fsp3) is 0.435. The molecule has 2 aliphatic rings. The largest absolute Gasteiger partial charge is 0.446 e. The van der Waals surface area contributed by atoms with Gasteiger partial charge < -0.3 is 20.3 Å². The third-order valence-electron chi connectivity index (χ3n) is 6.15. The zero-order valence-corrected chi connectivity index (χ0v) is 19.0. The molecule has 13 heteroatoms. The summed E-state index contributed by atoms with van der Waals surface area (Å²) in [5, 5.41) is 5.88. The van der Waals surface area contributed by atoms with Gasteiger partial charge in [0.15, 0.2) is 11.6 Å². The van der Waals surface area contributed by atoms with E-state index >= 15 is 0 Å². The number of carbonyl (C=O) groups is 2. The second kappa shape index (κ2) is 10.6. The van der Waals surface area contributed by atoms with E-state index in [1.165, 1.54) is 6.07 Å². The van der Waals surface area contributed by atoms with Gasteiger partial charge in [-0.1, -0.05) is 6.07 Å². The van der Waals surface area contributed by atoms with Crippen LogP contribution in [-0.2, 0) is 10.9 Å². The number of alkyl halides is 3.